The molecule has 2 rings (SSSR count). The van der Waals surface area contributed by atoms with Crippen LogP contribution in [0.4, 0.5) is 0 Å². The molecule has 0 aliphatic carbocycles. The Labute approximate surface area is 138 Å². The standard InChI is InChI=1S/C15H27N3O2S2/c1-6-14-16-12(3)15(21-14)13(4)17(5)22(19,20)18-9-7-8-11(2)10-18/h11,13H,6-10H2,1-5H3/t11-,13+/m1/s1. The molecule has 0 bridgehead atoms. The summed E-state index contributed by atoms with van der Waals surface area (Å²) in [4.78, 5) is 5.57. The van der Waals surface area contributed by atoms with Gasteiger partial charge in [0, 0.05) is 25.0 Å². The van der Waals surface area contributed by atoms with Gasteiger partial charge in [-0.25, -0.2) is 4.98 Å². The first kappa shape index (κ1) is 17.8. The molecule has 1 saturated heterocycles. The van der Waals surface area contributed by atoms with Crippen LogP contribution in [0.15, 0.2) is 0 Å². The minimum Gasteiger partial charge on any atom is -0.246 e. The van der Waals surface area contributed by atoms with Crippen LogP contribution < -0.4 is 0 Å². The van der Waals surface area contributed by atoms with Crippen molar-refractivity contribution in [1.29, 1.82) is 0 Å². The van der Waals surface area contributed by atoms with E-state index in [9.17, 15) is 8.42 Å². The highest BCUT2D eigenvalue weighted by Crippen LogP contribution is 2.32. The molecule has 1 aliphatic rings. The fourth-order valence-corrected chi connectivity index (χ4v) is 5.75. The summed E-state index contributed by atoms with van der Waals surface area (Å²) in [6, 6.07) is -0.181. The largest absolute Gasteiger partial charge is 0.282 e. The van der Waals surface area contributed by atoms with Gasteiger partial charge in [-0.3, -0.25) is 0 Å². The highest BCUT2D eigenvalue weighted by molar-refractivity contribution is 7.86. The van der Waals surface area contributed by atoms with Crippen LogP contribution in [-0.4, -0.2) is 42.1 Å². The first-order valence-electron chi connectivity index (χ1n) is 7.96. The fourth-order valence-electron chi connectivity index (χ4n) is 2.91. The molecule has 7 heteroatoms. The van der Waals surface area contributed by atoms with E-state index in [4.69, 9.17) is 0 Å². The van der Waals surface area contributed by atoms with Crippen LogP contribution in [0.1, 0.15) is 55.2 Å². The summed E-state index contributed by atoms with van der Waals surface area (Å²) >= 11 is 1.62. The van der Waals surface area contributed by atoms with Crippen LogP contribution in [0.5, 0.6) is 0 Å². The Balaban J connectivity index is 2.21. The monoisotopic (exact) mass is 345 g/mol. The Kier molecular flexibility index (Phi) is 5.63. The molecule has 1 aliphatic heterocycles. The van der Waals surface area contributed by atoms with Gasteiger partial charge in [-0.1, -0.05) is 13.8 Å². The average molecular weight is 346 g/mol. The zero-order valence-corrected chi connectivity index (χ0v) is 15.8. The molecule has 2 atom stereocenters. The lowest BCUT2D eigenvalue weighted by atomic mass is 10.0. The molecule has 22 heavy (non-hydrogen) atoms. The van der Waals surface area contributed by atoms with Gasteiger partial charge in [-0.05, 0) is 39.0 Å². The van der Waals surface area contributed by atoms with Crippen molar-refractivity contribution >= 4 is 21.5 Å². The summed E-state index contributed by atoms with van der Waals surface area (Å²) in [5, 5.41) is 1.07. The van der Waals surface area contributed by atoms with Crippen molar-refractivity contribution in [2.75, 3.05) is 20.1 Å². The first-order valence-corrected chi connectivity index (χ1v) is 10.2. The number of rotatable bonds is 5. The summed E-state index contributed by atoms with van der Waals surface area (Å²) in [5.74, 6) is 0.434. The number of aryl methyl sites for hydroxylation is 2. The minimum absolute atomic E-state index is 0.181. The number of piperidine rings is 1. The minimum atomic E-state index is -3.41. The molecule has 0 aromatic carbocycles. The Bertz CT molecular complexity index is 612. The van der Waals surface area contributed by atoms with Gasteiger partial charge in [-0.2, -0.15) is 17.0 Å². The SMILES string of the molecule is CCc1nc(C)c([C@H](C)N(C)S(=O)(=O)N2CCC[C@@H](C)C2)s1. The summed E-state index contributed by atoms with van der Waals surface area (Å²) < 4.78 is 28.9. The van der Waals surface area contributed by atoms with Gasteiger partial charge in [0.15, 0.2) is 0 Å². The molecule has 1 aromatic rings. The zero-order chi connectivity index (χ0) is 16.5. The third-order valence-corrected chi connectivity index (χ3v) is 7.91. The topological polar surface area (TPSA) is 53.5 Å². The first-order chi connectivity index (χ1) is 10.3. The molecule has 2 heterocycles. The van der Waals surface area contributed by atoms with Crippen LogP contribution in [0.2, 0.25) is 0 Å². The number of thiazole rings is 1. The van der Waals surface area contributed by atoms with Crippen LogP contribution in [-0.2, 0) is 16.6 Å². The normalized spacial score (nSPS) is 22.2. The molecule has 5 nitrogen and oxygen atoms in total. The molecule has 0 amide bonds. The van der Waals surface area contributed by atoms with Crippen molar-refractivity contribution < 1.29 is 8.42 Å². The van der Waals surface area contributed by atoms with E-state index in [1.807, 2.05) is 13.8 Å². The Hall–Kier alpha value is -0.500. The lowest BCUT2D eigenvalue weighted by Crippen LogP contribution is -2.46. The third-order valence-electron chi connectivity index (χ3n) is 4.41. The van der Waals surface area contributed by atoms with Crippen LogP contribution in [0.3, 0.4) is 0 Å². The molecule has 126 valence electrons. The predicted molar refractivity (Wildman–Crippen MR) is 91.3 cm³/mol. The number of nitrogens with zero attached hydrogens (tertiary/aromatic N) is 3. The van der Waals surface area contributed by atoms with Crippen molar-refractivity contribution in [1.82, 2.24) is 13.6 Å². The molecule has 0 radical (unpaired) electrons. The fraction of sp³-hybridized carbons (Fsp3) is 0.800. The van der Waals surface area contributed by atoms with E-state index in [1.165, 1.54) is 4.31 Å². The molecule has 0 spiro atoms. The van der Waals surface area contributed by atoms with E-state index >= 15 is 0 Å². The molecular formula is C15H27N3O2S2. The van der Waals surface area contributed by atoms with Gasteiger partial charge in [-0.15, -0.1) is 11.3 Å². The molecule has 0 unspecified atom stereocenters. The van der Waals surface area contributed by atoms with E-state index in [1.54, 1.807) is 22.7 Å². The van der Waals surface area contributed by atoms with Gasteiger partial charge in [0.05, 0.1) is 16.7 Å². The molecule has 1 fully saturated rings. The summed E-state index contributed by atoms with van der Waals surface area (Å²) in [7, 11) is -1.73. The second-order valence-corrected chi connectivity index (χ2v) is 9.32. The highest BCUT2D eigenvalue weighted by atomic mass is 32.2. The van der Waals surface area contributed by atoms with E-state index in [2.05, 4.69) is 18.8 Å². The smallest absolute Gasteiger partial charge is 0.246 e. The zero-order valence-electron chi connectivity index (χ0n) is 14.2. The van der Waals surface area contributed by atoms with Crippen molar-refractivity contribution in [2.24, 2.45) is 5.92 Å². The quantitative estimate of drug-likeness (QED) is 0.824. The Morgan fingerprint density at radius 1 is 1.50 bits per heavy atom. The van der Waals surface area contributed by atoms with Crippen molar-refractivity contribution in [3.8, 4) is 0 Å². The number of hydrogen-bond acceptors (Lipinski definition) is 4. The lowest BCUT2D eigenvalue weighted by molar-refractivity contribution is 0.255. The predicted octanol–water partition coefficient (Wildman–Crippen LogP) is 2.98. The summed E-state index contributed by atoms with van der Waals surface area (Å²) in [6.07, 6.45) is 2.94. The van der Waals surface area contributed by atoms with Crippen molar-refractivity contribution in [3.05, 3.63) is 15.6 Å². The molecular weight excluding hydrogens is 318 g/mol. The lowest BCUT2D eigenvalue weighted by Gasteiger charge is -2.35. The summed E-state index contributed by atoms with van der Waals surface area (Å²) in [6.45, 7) is 9.36. The van der Waals surface area contributed by atoms with Crippen molar-refractivity contribution in [2.45, 2.75) is 53.0 Å². The molecule has 0 N–H and O–H groups in total. The maximum Gasteiger partial charge on any atom is 0.282 e. The highest BCUT2D eigenvalue weighted by Gasteiger charge is 2.34. The molecule has 1 aromatic heterocycles. The van der Waals surface area contributed by atoms with Crippen LogP contribution >= 0.6 is 11.3 Å². The van der Waals surface area contributed by atoms with Gasteiger partial charge < -0.3 is 0 Å². The Morgan fingerprint density at radius 3 is 2.73 bits per heavy atom. The maximum atomic E-state index is 12.9. The van der Waals surface area contributed by atoms with Crippen LogP contribution in [0, 0.1) is 12.8 Å². The van der Waals surface area contributed by atoms with Gasteiger partial charge in [0.1, 0.15) is 0 Å². The second-order valence-electron chi connectivity index (χ2n) is 6.22. The van der Waals surface area contributed by atoms with E-state index in [0.29, 0.717) is 19.0 Å². The summed E-state index contributed by atoms with van der Waals surface area (Å²) in [5.41, 5.74) is 0.948. The van der Waals surface area contributed by atoms with Gasteiger partial charge in [0.2, 0.25) is 0 Å². The second kappa shape index (κ2) is 6.95. The van der Waals surface area contributed by atoms with E-state index < -0.39 is 10.2 Å². The van der Waals surface area contributed by atoms with E-state index in [-0.39, 0.29) is 6.04 Å². The third kappa shape index (κ3) is 3.53. The average Bonchev–Trinajstić information content (AvgIpc) is 2.86. The van der Waals surface area contributed by atoms with Crippen molar-refractivity contribution in [3.63, 3.8) is 0 Å². The van der Waals surface area contributed by atoms with Crippen LogP contribution in [0.25, 0.3) is 0 Å². The Morgan fingerprint density at radius 2 is 2.18 bits per heavy atom. The molecule has 0 saturated carbocycles. The number of hydrogen-bond donors (Lipinski definition) is 0. The van der Waals surface area contributed by atoms with Gasteiger partial charge in [0.25, 0.3) is 10.2 Å². The van der Waals surface area contributed by atoms with Gasteiger partial charge >= 0.3 is 0 Å². The maximum absolute atomic E-state index is 12.9. The van der Waals surface area contributed by atoms with E-state index in [0.717, 1.165) is 34.8 Å². The number of aromatic nitrogens is 1.